The minimum atomic E-state index is -3.63. The van der Waals surface area contributed by atoms with Gasteiger partial charge < -0.3 is 20.3 Å². The van der Waals surface area contributed by atoms with Crippen molar-refractivity contribution in [1.29, 1.82) is 0 Å². The van der Waals surface area contributed by atoms with Crippen LogP contribution in [0.1, 0.15) is 25.8 Å². The van der Waals surface area contributed by atoms with E-state index in [-0.39, 0.29) is 34.9 Å². The highest BCUT2D eigenvalue weighted by Crippen LogP contribution is 2.36. The number of hydrogen-bond donors (Lipinski definition) is 3. The van der Waals surface area contributed by atoms with Crippen LogP contribution in [0.2, 0.25) is 5.02 Å². The quantitative estimate of drug-likeness (QED) is 0.372. The number of benzene rings is 2. The Bertz CT molecular complexity index is 1400. The van der Waals surface area contributed by atoms with Gasteiger partial charge in [-0.15, -0.1) is 0 Å². The number of halogens is 1. The average molecular weight is 531 g/mol. The molecule has 2 heterocycles. The molecular formula is C24H27ClN6O4S. The number of carbonyl (C=O) groups excluding carboxylic acids is 1. The van der Waals surface area contributed by atoms with E-state index in [4.69, 9.17) is 16.3 Å². The van der Waals surface area contributed by atoms with Gasteiger partial charge in [0.15, 0.2) is 12.4 Å². The molecule has 190 valence electrons. The largest absolute Gasteiger partial charge is 0.482 e. The fourth-order valence-corrected chi connectivity index (χ4v) is 5.21. The van der Waals surface area contributed by atoms with Gasteiger partial charge in [-0.05, 0) is 49.2 Å². The maximum Gasteiger partial charge on any atom is 0.265 e. The molecule has 0 unspecified atom stereocenters. The van der Waals surface area contributed by atoms with E-state index in [0.29, 0.717) is 40.7 Å². The second-order valence-corrected chi connectivity index (χ2v) is 10.3. The van der Waals surface area contributed by atoms with Crippen LogP contribution < -0.4 is 25.0 Å². The number of aromatic nitrogens is 2. The first-order valence-corrected chi connectivity index (χ1v) is 13.3. The molecule has 0 spiro atoms. The normalized spacial score (nSPS) is 13.2. The molecule has 0 atom stereocenters. The van der Waals surface area contributed by atoms with Crippen LogP contribution in [0.25, 0.3) is 0 Å². The Balaban J connectivity index is 1.59. The van der Waals surface area contributed by atoms with Gasteiger partial charge in [-0.3, -0.25) is 4.79 Å². The van der Waals surface area contributed by atoms with Crippen molar-refractivity contribution in [3.8, 4) is 5.75 Å². The van der Waals surface area contributed by atoms with Crippen LogP contribution in [0.5, 0.6) is 5.75 Å². The lowest BCUT2D eigenvalue weighted by molar-refractivity contribution is -0.121. The third-order valence-corrected chi connectivity index (χ3v) is 7.39. The van der Waals surface area contributed by atoms with Gasteiger partial charge in [0.2, 0.25) is 16.0 Å². The highest BCUT2D eigenvalue weighted by molar-refractivity contribution is 7.89. The van der Waals surface area contributed by atoms with E-state index in [1.54, 1.807) is 36.9 Å². The highest BCUT2D eigenvalue weighted by atomic mass is 35.5. The van der Waals surface area contributed by atoms with Crippen LogP contribution in [0.3, 0.4) is 0 Å². The molecule has 0 radical (unpaired) electrons. The van der Waals surface area contributed by atoms with Gasteiger partial charge >= 0.3 is 0 Å². The molecule has 3 N–H and O–H groups in total. The summed E-state index contributed by atoms with van der Waals surface area (Å²) in [4.78, 5) is 22.9. The number of sulfonamides is 1. The molecular weight excluding hydrogens is 504 g/mol. The molecule has 1 aliphatic rings. The maximum absolute atomic E-state index is 12.5. The maximum atomic E-state index is 12.5. The summed E-state index contributed by atoms with van der Waals surface area (Å²) in [5.41, 5.74) is 2.46. The third kappa shape index (κ3) is 5.53. The third-order valence-electron chi connectivity index (χ3n) is 5.42. The summed E-state index contributed by atoms with van der Waals surface area (Å²) in [6, 6.07) is 10.4. The molecule has 1 aliphatic heterocycles. The number of ether oxygens (including phenoxy) is 1. The number of amides is 1. The summed E-state index contributed by atoms with van der Waals surface area (Å²) in [6.07, 6.45) is 2.25. The SMILES string of the molecule is CCCN1C(=O)COc2ccc(Nc3nc(Nc4ccc(C)c(S(=O)(=O)NCC)c4)ncc3Cl)cc21. The molecule has 0 saturated carbocycles. The number of rotatable bonds is 9. The van der Waals surface area contributed by atoms with Gasteiger partial charge in [-0.2, -0.15) is 4.98 Å². The van der Waals surface area contributed by atoms with Crippen LogP contribution >= 0.6 is 11.6 Å². The summed E-state index contributed by atoms with van der Waals surface area (Å²) in [7, 11) is -3.63. The average Bonchev–Trinajstić information content (AvgIpc) is 2.84. The van der Waals surface area contributed by atoms with E-state index in [2.05, 4.69) is 25.3 Å². The van der Waals surface area contributed by atoms with Crippen molar-refractivity contribution >= 4 is 56.4 Å². The zero-order chi connectivity index (χ0) is 25.9. The second-order valence-electron chi connectivity index (χ2n) is 8.14. The summed E-state index contributed by atoms with van der Waals surface area (Å²) >= 11 is 6.34. The molecule has 1 amide bonds. The highest BCUT2D eigenvalue weighted by Gasteiger charge is 2.25. The number of nitrogens with one attached hydrogen (secondary N) is 3. The molecule has 36 heavy (non-hydrogen) atoms. The predicted octanol–water partition coefficient (Wildman–Crippen LogP) is 4.36. The predicted molar refractivity (Wildman–Crippen MR) is 140 cm³/mol. The zero-order valence-corrected chi connectivity index (χ0v) is 21.7. The van der Waals surface area contributed by atoms with Gasteiger partial charge in [0.05, 0.1) is 16.8 Å². The minimum absolute atomic E-state index is 0.0169. The van der Waals surface area contributed by atoms with Crippen LogP contribution in [-0.4, -0.2) is 44.0 Å². The van der Waals surface area contributed by atoms with Crippen molar-refractivity contribution in [2.45, 2.75) is 32.1 Å². The van der Waals surface area contributed by atoms with Crippen molar-refractivity contribution in [1.82, 2.24) is 14.7 Å². The van der Waals surface area contributed by atoms with E-state index in [1.807, 2.05) is 19.1 Å². The van der Waals surface area contributed by atoms with Crippen LogP contribution in [0, 0.1) is 6.92 Å². The Kier molecular flexibility index (Phi) is 7.62. The van der Waals surface area contributed by atoms with E-state index in [9.17, 15) is 13.2 Å². The molecule has 0 saturated heterocycles. The van der Waals surface area contributed by atoms with E-state index in [1.165, 1.54) is 12.3 Å². The lowest BCUT2D eigenvalue weighted by Gasteiger charge is -2.29. The molecule has 0 fully saturated rings. The van der Waals surface area contributed by atoms with Crippen LogP contribution in [0.15, 0.2) is 47.5 Å². The van der Waals surface area contributed by atoms with Crippen molar-refractivity contribution in [2.24, 2.45) is 0 Å². The zero-order valence-electron chi connectivity index (χ0n) is 20.1. The van der Waals surface area contributed by atoms with Crippen molar-refractivity contribution in [3.05, 3.63) is 53.2 Å². The first-order valence-electron chi connectivity index (χ1n) is 11.5. The molecule has 3 aromatic rings. The summed E-state index contributed by atoms with van der Waals surface area (Å²) in [6.45, 7) is 6.35. The fraction of sp³-hybridized carbons (Fsp3) is 0.292. The summed E-state index contributed by atoms with van der Waals surface area (Å²) < 4.78 is 33.1. The van der Waals surface area contributed by atoms with Crippen molar-refractivity contribution < 1.29 is 17.9 Å². The Labute approximate surface area is 215 Å². The Morgan fingerprint density at radius 3 is 2.61 bits per heavy atom. The Morgan fingerprint density at radius 1 is 1.11 bits per heavy atom. The van der Waals surface area contributed by atoms with Crippen molar-refractivity contribution in [3.63, 3.8) is 0 Å². The van der Waals surface area contributed by atoms with Crippen LogP contribution in [-0.2, 0) is 14.8 Å². The smallest absolute Gasteiger partial charge is 0.265 e. The molecule has 2 aromatic carbocycles. The molecule has 10 nitrogen and oxygen atoms in total. The van der Waals surface area contributed by atoms with Crippen LogP contribution in [0.4, 0.5) is 28.8 Å². The number of hydrogen-bond acceptors (Lipinski definition) is 8. The topological polar surface area (TPSA) is 126 Å². The molecule has 1 aromatic heterocycles. The number of aryl methyl sites for hydroxylation is 1. The first-order chi connectivity index (χ1) is 17.2. The minimum Gasteiger partial charge on any atom is -0.482 e. The lowest BCUT2D eigenvalue weighted by atomic mass is 10.2. The van der Waals surface area contributed by atoms with Crippen molar-refractivity contribution in [2.75, 3.05) is 35.2 Å². The van der Waals surface area contributed by atoms with E-state index < -0.39 is 10.0 Å². The molecule has 0 bridgehead atoms. The van der Waals surface area contributed by atoms with E-state index in [0.717, 1.165) is 6.42 Å². The van der Waals surface area contributed by atoms with E-state index >= 15 is 0 Å². The van der Waals surface area contributed by atoms with Gasteiger partial charge in [0.25, 0.3) is 5.91 Å². The number of carbonyl (C=O) groups is 1. The van der Waals surface area contributed by atoms with Gasteiger partial charge in [0, 0.05) is 24.5 Å². The summed E-state index contributed by atoms with van der Waals surface area (Å²) in [5.74, 6) is 1.10. The first kappa shape index (κ1) is 25.7. The Hall–Kier alpha value is -3.41. The fourth-order valence-electron chi connectivity index (χ4n) is 3.76. The Morgan fingerprint density at radius 2 is 1.86 bits per heavy atom. The standard InChI is InChI=1S/C24H27ClN6O4S/c1-4-10-31-19-11-16(8-9-20(19)35-14-22(31)32)28-23-18(25)13-26-24(30-23)29-17-7-6-15(3)21(12-17)36(33,34)27-5-2/h6-9,11-13,27H,4-5,10,14H2,1-3H3,(H2,26,28,29,30). The molecule has 4 rings (SSSR count). The second kappa shape index (κ2) is 10.7. The van der Waals surface area contributed by atoms with Gasteiger partial charge in [-0.25, -0.2) is 18.1 Å². The summed E-state index contributed by atoms with van der Waals surface area (Å²) in [5, 5.41) is 6.49. The number of fused-ring (bicyclic) bond motifs is 1. The monoisotopic (exact) mass is 530 g/mol. The molecule has 0 aliphatic carbocycles. The lowest BCUT2D eigenvalue weighted by Crippen LogP contribution is -2.39. The molecule has 12 heteroatoms. The van der Waals surface area contributed by atoms with Gasteiger partial charge in [0.1, 0.15) is 10.8 Å². The van der Waals surface area contributed by atoms with Gasteiger partial charge in [-0.1, -0.05) is 31.5 Å². The number of anilines is 5. The number of nitrogens with zero attached hydrogens (tertiary/aromatic N) is 3.